The lowest BCUT2D eigenvalue weighted by molar-refractivity contribution is 0.393. The molecule has 1 unspecified atom stereocenters. The Kier molecular flexibility index (Phi) is 4.11. The van der Waals surface area contributed by atoms with E-state index in [-0.39, 0.29) is 6.04 Å². The summed E-state index contributed by atoms with van der Waals surface area (Å²) < 4.78 is 8.77. The standard InChI is InChI=1S/C20H18IN3O/c1-12-19(14(3)25-23-12)16-9-18-20(22-10-16)17(21)11-24(18)13(2)15-7-5-4-6-8-15/h4-11,13H,1-3H3. The summed E-state index contributed by atoms with van der Waals surface area (Å²) in [4.78, 5) is 4.72. The van der Waals surface area contributed by atoms with E-state index in [0.717, 1.165) is 37.2 Å². The van der Waals surface area contributed by atoms with Gasteiger partial charge in [-0.2, -0.15) is 0 Å². The van der Waals surface area contributed by atoms with Gasteiger partial charge in [0.25, 0.3) is 0 Å². The van der Waals surface area contributed by atoms with Crippen molar-refractivity contribution in [2.45, 2.75) is 26.8 Å². The third-order valence-corrected chi connectivity index (χ3v) is 5.44. The maximum atomic E-state index is 5.33. The van der Waals surface area contributed by atoms with Gasteiger partial charge in [0.2, 0.25) is 0 Å². The van der Waals surface area contributed by atoms with Gasteiger partial charge in [0.1, 0.15) is 11.3 Å². The van der Waals surface area contributed by atoms with Crippen LogP contribution in [-0.2, 0) is 0 Å². The van der Waals surface area contributed by atoms with Gasteiger partial charge in [-0.3, -0.25) is 4.98 Å². The van der Waals surface area contributed by atoms with Gasteiger partial charge in [-0.1, -0.05) is 35.5 Å². The highest BCUT2D eigenvalue weighted by Crippen LogP contribution is 2.33. The van der Waals surface area contributed by atoms with Crippen LogP contribution in [0.1, 0.15) is 30.0 Å². The normalized spacial score (nSPS) is 12.6. The van der Waals surface area contributed by atoms with Crippen LogP contribution in [0.15, 0.2) is 53.3 Å². The second-order valence-corrected chi connectivity index (χ2v) is 7.42. The zero-order valence-corrected chi connectivity index (χ0v) is 16.5. The second-order valence-electron chi connectivity index (χ2n) is 6.26. The predicted molar refractivity (Wildman–Crippen MR) is 108 cm³/mol. The number of rotatable bonds is 3. The molecule has 0 bridgehead atoms. The fraction of sp³-hybridized carbons (Fsp3) is 0.200. The van der Waals surface area contributed by atoms with Crippen molar-refractivity contribution >= 4 is 33.6 Å². The van der Waals surface area contributed by atoms with Crippen molar-refractivity contribution in [1.82, 2.24) is 14.7 Å². The van der Waals surface area contributed by atoms with Crippen LogP contribution < -0.4 is 0 Å². The number of aryl methyl sites for hydroxylation is 2. The van der Waals surface area contributed by atoms with E-state index in [1.54, 1.807) is 0 Å². The molecule has 3 aromatic heterocycles. The summed E-state index contributed by atoms with van der Waals surface area (Å²) in [5.41, 5.74) is 6.39. The van der Waals surface area contributed by atoms with Crippen molar-refractivity contribution in [3.8, 4) is 11.1 Å². The minimum absolute atomic E-state index is 0.230. The molecule has 1 aromatic carbocycles. The lowest BCUT2D eigenvalue weighted by Crippen LogP contribution is -2.05. The highest BCUT2D eigenvalue weighted by Gasteiger charge is 2.17. The molecule has 0 radical (unpaired) electrons. The molecular weight excluding hydrogens is 425 g/mol. The SMILES string of the molecule is Cc1noc(C)c1-c1cnc2c(I)cn(C(C)c3ccccc3)c2c1. The van der Waals surface area contributed by atoms with Gasteiger partial charge in [-0.05, 0) is 55.0 Å². The van der Waals surface area contributed by atoms with Crippen molar-refractivity contribution in [3.05, 3.63) is 69.4 Å². The zero-order chi connectivity index (χ0) is 17.6. The Morgan fingerprint density at radius 2 is 1.92 bits per heavy atom. The highest BCUT2D eigenvalue weighted by atomic mass is 127. The molecule has 0 aliphatic rings. The number of nitrogens with zero attached hydrogens (tertiary/aromatic N) is 3. The number of pyridine rings is 1. The van der Waals surface area contributed by atoms with E-state index in [9.17, 15) is 0 Å². The van der Waals surface area contributed by atoms with Crippen LogP contribution in [0.5, 0.6) is 0 Å². The molecule has 3 heterocycles. The van der Waals surface area contributed by atoms with Crippen LogP contribution in [-0.4, -0.2) is 14.7 Å². The highest BCUT2D eigenvalue weighted by molar-refractivity contribution is 14.1. The monoisotopic (exact) mass is 443 g/mol. The van der Waals surface area contributed by atoms with Gasteiger partial charge in [0.05, 0.1) is 20.8 Å². The first-order chi connectivity index (χ1) is 12.1. The van der Waals surface area contributed by atoms with E-state index in [4.69, 9.17) is 9.51 Å². The van der Waals surface area contributed by atoms with Crippen LogP contribution in [0.3, 0.4) is 0 Å². The topological polar surface area (TPSA) is 43.9 Å². The fourth-order valence-electron chi connectivity index (χ4n) is 3.33. The Labute approximate surface area is 160 Å². The van der Waals surface area contributed by atoms with Gasteiger partial charge >= 0.3 is 0 Å². The van der Waals surface area contributed by atoms with Crippen LogP contribution in [0.4, 0.5) is 0 Å². The zero-order valence-electron chi connectivity index (χ0n) is 14.3. The van der Waals surface area contributed by atoms with Crippen molar-refractivity contribution in [2.75, 3.05) is 0 Å². The lowest BCUT2D eigenvalue weighted by atomic mass is 10.1. The maximum Gasteiger partial charge on any atom is 0.141 e. The first-order valence-corrected chi connectivity index (χ1v) is 9.28. The van der Waals surface area contributed by atoms with Gasteiger partial charge in [-0.15, -0.1) is 0 Å². The number of halogens is 1. The van der Waals surface area contributed by atoms with Gasteiger partial charge in [0, 0.05) is 23.5 Å². The van der Waals surface area contributed by atoms with Crippen LogP contribution in [0.2, 0.25) is 0 Å². The second kappa shape index (κ2) is 6.29. The first kappa shape index (κ1) is 16.3. The molecule has 4 rings (SSSR count). The van der Waals surface area contributed by atoms with E-state index in [0.29, 0.717) is 0 Å². The number of benzene rings is 1. The third kappa shape index (κ3) is 2.76. The molecule has 0 saturated heterocycles. The van der Waals surface area contributed by atoms with E-state index in [1.807, 2.05) is 26.1 Å². The molecule has 0 fully saturated rings. The summed E-state index contributed by atoms with van der Waals surface area (Å²) in [6, 6.07) is 13.0. The summed E-state index contributed by atoms with van der Waals surface area (Å²) >= 11 is 2.36. The Balaban J connectivity index is 1.90. The molecule has 0 amide bonds. The van der Waals surface area contributed by atoms with Crippen LogP contribution in [0.25, 0.3) is 22.2 Å². The summed E-state index contributed by atoms with van der Waals surface area (Å²) in [7, 11) is 0. The molecule has 126 valence electrons. The van der Waals surface area contributed by atoms with Crippen molar-refractivity contribution in [2.24, 2.45) is 0 Å². The number of fused-ring (bicyclic) bond motifs is 1. The molecule has 0 aliphatic carbocycles. The van der Waals surface area contributed by atoms with E-state index in [1.165, 1.54) is 5.56 Å². The van der Waals surface area contributed by atoms with Crippen molar-refractivity contribution in [3.63, 3.8) is 0 Å². The molecule has 0 aliphatic heterocycles. The van der Waals surface area contributed by atoms with E-state index in [2.05, 4.69) is 75.8 Å². The smallest absolute Gasteiger partial charge is 0.141 e. The molecule has 1 atom stereocenters. The molecule has 0 N–H and O–H groups in total. The Morgan fingerprint density at radius 1 is 1.16 bits per heavy atom. The van der Waals surface area contributed by atoms with Crippen LogP contribution in [0, 0.1) is 17.4 Å². The number of hydrogen-bond acceptors (Lipinski definition) is 3. The fourth-order valence-corrected chi connectivity index (χ4v) is 4.05. The Hall–Kier alpha value is -2.15. The molecule has 4 aromatic rings. The molecule has 25 heavy (non-hydrogen) atoms. The molecule has 5 heteroatoms. The molecule has 4 nitrogen and oxygen atoms in total. The van der Waals surface area contributed by atoms with Gasteiger partial charge in [0.15, 0.2) is 0 Å². The van der Waals surface area contributed by atoms with Crippen molar-refractivity contribution in [1.29, 1.82) is 0 Å². The quantitative estimate of drug-likeness (QED) is 0.392. The largest absolute Gasteiger partial charge is 0.361 e. The first-order valence-electron chi connectivity index (χ1n) is 8.20. The van der Waals surface area contributed by atoms with Gasteiger partial charge < -0.3 is 9.09 Å². The number of aromatic nitrogens is 3. The molecular formula is C20H18IN3O. The molecule has 0 saturated carbocycles. The lowest BCUT2D eigenvalue weighted by Gasteiger charge is -2.16. The average Bonchev–Trinajstić information content (AvgIpc) is 3.14. The summed E-state index contributed by atoms with van der Waals surface area (Å²) in [6.07, 6.45) is 4.08. The van der Waals surface area contributed by atoms with E-state index < -0.39 is 0 Å². The summed E-state index contributed by atoms with van der Waals surface area (Å²) in [6.45, 7) is 6.12. The molecule has 0 spiro atoms. The van der Waals surface area contributed by atoms with Crippen LogP contribution >= 0.6 is 22.6 Å². The minimum Gasteiger partial charge on any atom is -0.361 e. The Morgan fingerprint density at radius 3 is 2.60 bits per heavy atom. The third-order valence-electron chi connectivity index (χ3n) is 4.65. The van der Waals surface area contributed by atoms with Crippen molar-refractivity contribution < 1.29 is 4.52 Å². The summed E-state index contributed by atoms with van der Waals surface area (Å²) in [5, 5.41) is 4.07. The average molecular weight is 443 g/mol. The maximum absolute atomic E-state index is 5.33. The van der Waals surface area contributed by atoms with E-state index >= 15 is 0 Å². The van der Waals surface area contributed by atoms with Gasteiger partial charge in [-0.25, -0.2) is 0 Å². The predicted octanol–water partition coefficient (Wildman–Crippen LogP) is 5.52. The minimum atomic E-state index is 0.230. The summed E-state index contributed by atoms with van der Waals surface area (Å²) in [5.74, 6) is 0.822. The number of hydrogen-bond donors (Lipinski definition) is 0. The Bertz CT molecular complexity index is 1030.